The molecule has 0 amide bonds. The first kappa shape index (κ1) is 16.7. The Kier molecular flexibility index (Phi) is 5.30. The summed E-state index contributed by atoms with van der Waals surface area (Å²) >= 11 is 17.3. The number of nitrogens with one attached hydrogen (secondary N) is 2. The lowest BCUT2D eigenvalue weighted by atomic mass is 10.2. The maximum Gasteiger partial charge on any atom is 0.248 e. The molecule has 0 aliphatic rings. The number of halogens is 2. The largest absolute Gasteiger partial charge is 0.332 e. The summed E-state index contributed by atoms with van der Waals surface area (Å²) in [4.78, 5) is 4.19. The summed E-state index contributed by atoms with van der Waals surface area (Å²) < 4.78 is 1.69. The van der Waals surface area contributed by atoms with Crippen molar-refractivity contribution in [3.63, 3.8) is 0 Å². The van der Waals surface area contributed by atoms with Crippen LogP contribution in [0.1, 0.15) is 5.56 Å². The van der Waals surface area contributed by atoms with Crippen LogP contribution in [0.3, 0.4) is 0 Å². The van der Waals surface area contributed by atoms with Crippen molar-refractivity contribution in [3.05, 3.63) is 70.5 Å². The molecular weight excluding hydrogens is 365 g/mol. The molecule has 2 N–H and O–H groups in total. The maximum atomic E-state index is 6.15. The highest BCUT2D eigenvalue weighted by molar-refractivity contribution is 7.80. The van der Waals surface area contributed by atoms with Gasteiger partial charge in [-0.05, 0) is 42.0 Å². The predicted octanol–water partition coefficient (Wildman–Crippen LogP) is 4.44. The highest BCUT2D eigenvalue weighted by atomic mass is 35.5. The molecule has 8 heteroatoms. The van der Waals surface area contributed by atoms with Gasteiger partial charge < -0.3 is 5.32 Å². The van der Waals surface area contributed by atoms with Crippen LogP contribution in [0.4, 0.5) is 11.6 Å². The molecule has 2 aromatic carbocycles. The lowest BCUT2D eigenvalue weighted by molar-refractivity contribution is 0.687. The Morgan fingerprint density at radius 1 is 1.08 bits per heavy atom. The Morgan fingerprint density at radius 3 is 2.71 bits per heavy atom. The first-order valence-electron chi connectivity index (χ1n) is 7.06. The van der Waals surface area contributed by atoms with Crippen molar-refractivity contribution in [2.45, 2.75) is 6.54 Å². The molecule has 0 atom stereocenters. The number of rotatable bonds is 4. The minimum atomic E-state index is 0.382. The highest BCUT2D eigenvalue weighted by Gasteiger charge is 2.06. The van der Waals surface area contributed by atoms with E-state index < -0.39 is 0 Å². The van der Waals surface area contributed by atoms with Crippen molar-refractivity contribution in [2.24, 2.45) is 0 Å². The standard InChI is InChI=1S/C16H13Cl2N5S/c17-12-5-3-6-13(8-12)20-16(24)21-15-19-10-23(22-15)9-11-4-1-2-7-14(11)18/h1-8,10H,9H2,(H2,20,21,22,24). The lowest BCUT2D eigenvalue weighted by Crippen LogP contribution is -2.20. The first-order valence-corrected chi connectivity index (χ1v) is 8.23. The third-order valence-electron chi connectivity index (χ3n) is 3.13. The van der Waals surface area contributed by atoms with E-state index in [9.17, 15) is 0 Å². The van der Waals surface area contributed by atoms with Gasteiger partial charge in [0.2, 0.25) is 5.95 Å². The first-order chi connectivity index (χ1) is 11.6. The minimum Gasteiger partial charge on any atom is -0.332 e. The van der Waals surface area contributed by atoms with Gasteiger partial charge in [-0.25, -0.2) is 9.67 Å². The second kappa shape index (κ2) is 7.61. The Balaban J connectivity index is 1.61. The molecule has 1 heterocycles. The summed E-state index contributed by atoms with van der Waals surface area (Å²) in [7, 11) is 0. The fourth-order valence-electron chi connectivity index (χ4n) is 2.06. The van der Waals surface area contributed by atoms with E-state index in [4.69, 9.17) is 35.4 Å². The predicted molar refractivity (Wildman–Crippen MR) is 102 cm³/mol. The summed E-state index contributed by atoms with van der Waals surface area (Å²) in [6.45, 7) is 0.531. The van der Waals surface area contributed by atoms with Gasteiger partial charge in [0, 0.05) is 15.7 Å². The molecule has 1 aromatic heterocycles. The van der Waals surface area contributed by atoms with Gasteiger partial charge in [0.1, 0.15) is 6.33 Å². The molecule has 0 bridgehead atoms. The Hall–Kier alpha value is -2.15. The smallest absolute Gasteiger partial charge is 0.248 e. The Bertz CT molecular complexity index is 865. The van der Waals surface area contributed by atoms with Crippen LogP contribution in [0.25, 0.3) is 0 Å². The van der Waals surface area contributed by atoms with Crippen LogP contribution in [0, 0.1) is 0 Å². The van der Waals surface area contributed by atoms with Gasteiger partial charge in [-0.3, -0.25) is 5.32 Å². The van der Waals surface area contributed by atoms with Gasteiger partial charge in [-0.15, -0.1) is 5.10 Å². The van der Waals surface area contributed by atoms with Gasteiger partial charge in [0.15, 0.2) is 5.11 Å². The van der Waals surface area contributed by atoms with Crippen molar-refractivity contribution in [3.8, 4) is 0 Å². The minimum absolute atomic E-state index is 0.382. The molecule has 0 fully saturated rings. The van der Waals surface area contributed by atoms with E-state index in [1.165, 1.54) is 0 Å². The molecule has 122 valence electrons. The van der Waals surface area contributed by atoms with Gasteiger partial charge >= 0.3 is 0 Å². The third kappa shape index (κ3) is 4.44. The zero-order valence-electron chi connectivity index (χ0n) is 12.4. The van der Waals surface area contributed by atoms with Crippen molar-refractivity contribution in [2.75, 3.05) is 10.6 Å². The molecule has 3 rings (SSSR count). The van der Waals surface area contributed by atoms with E-state index in [2.05, 4.69) is 20.7 Å². The monoisotopic (exact) mass is 377 g/mol. The molecule has 5 nitrogen and oxygen atoms in total. The number of nitrogens with zero attached hydrogens (tertiary/aromatic N) is 3. The van der Waals surface area contributed by atoms with Gasteiger partial charge in [-0.2, -0.15) is 0 Å². The van der Waals surface area contributed by atoms with Crippen molar-refractivity contribution >= 4 is 52.2 Å². The van der Waals surface area contributed by atoms with Crippen molar-refractivity contribution < 1.29 is 0 Å². The molecule has 0 aliphatic carbocycles. The third-order valence-corrected chi connectivity index (χ3v) is 3.94. The number of hydrogen-bond donors (Lipinski definition) is 2. The van der Waals surface area contributed by atoms with Crippen LogP contribution in [-0.4, -0.2) is 19.9 Å². The van der Waals surface area contributed by atoms with Crippen molar-refractivity contribution in [1.29, 1.82) is 0 Å². The van der Waals surface area contributed by atoms with Crippen LogP contribution in [0.5, 0.6) is 0 Å². The zero-order valence-corrected chi connectivity index (χ0v) is 14.7. The number of anilines is 2. The molecule has 0 radical (unpaired) electrons. The number of thiocarbonyl (C=S) groups is 1. The second-order valence-corrected chi connectivity index (χ2v) is 6.20. The van der Waals surface area contributed by atoms with E-state index >= 15 is 0 Å². The van der Waals surface area contributed by atoms with Crippen LogP contribution in [-0.2, 0) is 6.54 Å². The van der Waals surface area contributed by atoms with E-state index in [1.807, 2.05) is 36.4 Å². The van der Waals surface area contributed by atoms with Crippen LogP contribution >= 0.6 is 35.4 Å². The van der Waals surface area contributed by atoms with Crippen LogP contribution in [0.15, 0.2) is 54.9 Å². The lowest BCUT2D eigenvalue weighted by Gasteiger charge is -2.08. The summed E-state index contributed by atoms with van der Waals surface area (Å²) in [5.41, 5.74) is 1.76. The quantitative estimate of drug-likeness (QED) is 0.658. The SMILES string of the molecule is S=C(Nc1cccc(Cl)c1)Nc1ncn(Cc2ccccc2Cl)n1. The molecule has 0 unspecified atom stereocenters. The van der Waals surface area contributed by atoms with Crippen LogP contribution in [0.2, 0.25) is 10.0 Å². The van der Waals surface area contributed by atoms with E-state index in [-0.39, 0.29) is 0 Å². The van der Waals surface area contributed by atoms with Crippen molar-refractivity contribution in [1.82, 2.24) is 14.8 Å². The number of hydrogen-bond acceptors (Lipinski definition) is 3. The molecule has 0 spiro atoms. The Labute approximate surface area is 154 Å². The van der Waals surface area contributed by atoms with Gasteiger partial charge in [0.05, 0.1) is 6.54 Å². The molecular formula is C16H13Cl2N5S. The summed E-state index contributed by atoms with van der Waals surface area (Å²) in [6, 6.07) is 14.9. The Morgan fingerprint density at radius 2 is 1.92 bits per heavy atom. The second-order valence-electron chi connectivity index (χ2n) is 4.95. The fourth-order valence-corrected chi connectivity index (χ4v) is 2.65. The van der Waals surface area contributed by atoms with Gasteiger partial charge in [0.25, 0.3) is 0 Å². The number of benzene rings is 2. The molecule has 3 aromatic rings. The van der Waals surface area contributed by atoms with Crippen LogP contribution < -0.4 is 10.6 Å². The normalized spacial score (nSPS) is 10.4. The average molecular weight is 378 g/mol. The average Bonchev–Trinajstić information content (AvgIpc) is 2.96. The summed E-state index contributed by atoms with van der Waals surface area (Å²) in [5.74, 6) is 0.404. The van der Waals surface area contributed by atoms with E-state index in [0.717, 1.165) is 11.3 Å². The fraction of sp³-hybridized carbons (Fsp3) is 0.0625. The van der Waals surface area contributed by atoms with E-state index in [0.29, 0.717) is 27.7 Å². The maximum absolute atomic E-state index is 6.15. The van der Waals surface area contributed by atoms with E-state index in [1.54, 1.807) is 23.1 Å². The molecule has 24 heavy (non-hydrogen) atoms. The zero-order chi connectivity index (χ0) is 16.9. The number of aromatic nitrogens is 3. The molecule has 0 saturated carbocycles. The van der Waals surface area contributed by atoms with Gasteiger partial charge in [-0.1, -0.05) is 47.5 Å². The highest BCUT2D eigenvalue weighted by Crippen LogP contribution is 2.17. The molecule has 0 saturated heterocycles. The summed E-state index contributed by atoms with van der Waals surface area (Å²) in [6.07, 6.45) is 1.62. The molecule has 0 aliphatic heterocycles. The topological polar surface area (TPSA) is 54.8 Å². The summed E-state index contributed by atoms with van der Waals surface area (Å²) in [5, 5.41) is 12.0.